The van der Waals surface area contributed by atoms with E-state index in [9.17, 15) is 9.59 Å². The van der Waals surface area contributed by atoms with Gasteiger partial charge in [-0.05, 0) is 55.8 Å². The van der Waals surface area contributed by atoms with Crippen LogP contribution in [0.3, 0.4) is 0 Å². The third-order valence-corrected chi connectivity index (χ3v) is 6.45. The van der Waals surface area contributed by atoms with E-state index < -0.39 is 0 Å². The van der Waals surface area contributed by atoms with Gasteiger partial charge in [0.15, 0.2) is 0 Å². The molecule has 4 saturated carbocycles. The molecule has 118 valence electrons. The molecule has 0 radical (unpaired) electrons. The molecule has 4 aliphatic rings. The lowest BCUT2D eigenvalue weighted by Crippen LogP contribution is -2.54. The minimum atomic E-state index is -0.274. The van der Waals surface area contributed by atoms with Crippen LogP contribution in [0.5, 0.6) is 0 Å². The minimum absolute atomic E-state index is 0.0944. The van der Waals surface area contributed by atoms with Gasteiger partial charge in [-0.3, -0.25) is 9.59 Å². The van der Waals surface area contributed by atoms with Crippen LogP contribution in [-0.2, 0) is 14.3 Å². The summed E-state index contributed by atoms with van der Waals surface area (Å²) in [6.45, 7) is 0.383. The quantitative estimate of drug-likeness (QED) is 0.607. The Morgan fingerprint density at radius 3 is 2.48 bits per heavy atom. The van der Waals surface area contributed by atoms with Crippen molar-refractivity contribution in [3.63, 3.8) is 0 Å². The Hall–Kier alpha value is -0.580. The number of carbonyl (C=O) groups is 2. The summed E-state index contributed by atoms with van der Waals surface area (Å²) in [5.41, 5.74) is 0.197. The fourth-order valence-corrected chi connectivity index (χ4v) is 6.86. The molecule has 0 aliphatic heterocycles. The number of methoxy groups -OCH3 is 1. The van der Waals surface area contributed by atoms with Gasteiger partial charge in [-0.15, -0.1) is 0 Å². The van der Waals surface area contributed by atoms with Crippen molar-refractivity contribution >= 4 is 27.8 Å². The molecule has 21 heavy (non-hydrogen) atoms. The highest BCUT2D eigenvalue weighted by Crippen LogP contribution is 2.65. The number of hydrogen-bond donors (Lipinski definition) is 1. The lowest BCUT2D eigenvalue weighted by molar-refractivity contribution is -0.140. The molecule has 4 fully saturated rings. The summed E-state index contributed by atoms with van der Waals surface area (Å²) in [4.78, 5) is 23.3. The number of amides is 1. The summed E-state index contributed by atoms with van der Waals surface area (Å²) in [7, 11) is 1.37. The number of alkyl halides is 1. The van der Waals surface area contributed by atoms with E-state index >= 15 is 0 Å². The van der Waals surface area contributed by atoms with Gasteiger partial charge in [0, 0.05) is 17.3 Å². The van der Waals surface area contributed by atoms with Gasteiger partial charge in [-0.1, -0.05) is 15.9 Å². The van der Waals surface area contributed by atoms with Gasteiger partial charge in [0.2, 0.25) is 5.91 Å². The van der Waals surface area contributed by atoms with Crippen LogP contribution in [0.4, 0.5) is 0 Å². The predicted molar refractivity (Wildman–Crippen MR) is 83.0 cm³/mol. The number of hydrogen-bond acceptors (Lipinski definition) is 3. The molecule has 4 rings (SSSR count). The van der Waals surface area contributed by atoms with Crippen LogP contribution in [0.25, 0.3) is 0 Å². The van der Waals surface area contributed by atoms with E-state index in [1.165, 1.54) is 39.2 Å². The van der Waals surface area contributed by atoms with Gasteiger partial charge in [-0.2, -0.15) is 0 Å². The van der Waals surface area contributed by atoms with Crippen molar-refractivity contribution in [1.82, 2.24) is 5.32 Å². The molecule has 2 atom stereocenters. The summed E-state index contributed by atoms with van der Waals surface area (Å²) >= 11 is 3.97. The third kappa shape index (κ3) is 3.27. The van der Waals surface area contributed by atoms with Gasteiger partial charge >= 0.3 is 5.97 Å². The molecule has 4 bridgehead atoms. The standard InChI is InChI=1S/C16H24BrNO3/c1-21-14(20)2-3-18-13(19)9-15-5-11-4-12(6-15)8-16(17,7-11)10-15/h11-12H,2-10H2,1H3,(H,18,19). The zero-order valence-electron chi connectivity index (χ0n) is 12.6. The van der Waals surface area contributed by atoms with E-state index in [0.717, 1.165) is 18.3 Å². The van der Waals surface area contributed by atoms with Crippen LogP contribution >= 0.6 is 15.9 Å². The molecule has 0 saturated heterocycles. The fraction of sp³-hybridized carbons (Fsp3) is 0.875. The van der Waals surface area contributed by atoms with Crippen LogP contribution < -0.4 is 5.32 Å². The molecule has 1 N–H and O–H groups in total. The van der Waals surface area contributed by atoms with E-state index in [0.29, 0.717) is 17.3 Å². The maximum Gasteiger partial charge on any atom is 0.307 e. The van der Waals surface area contributed by atoms with Gasteiger partial charge in [-0.25, -0.2) is 0 Å². The summed E-state index contributed by atoms with van der Waals surface area (Å²) < 4.78 is 4.88. The molecule has 0 aromatic carbocycles. The average molecular weight is 358 g/mol. The Kier molecular flexibility index (Phi) is 4.06. The van der Waals surface area contributed by atoms with Gasteiger partial charge < -0.3 is 10.1 Å². The smallest absolute Gasteiger partial charge is 0.307 e. The summed E-state index contributed by atoms with van der Waals surface area (Å²) in [5.74, 6) is 1.42. The molecule has 4 nitrogen and oxygen atoms in total. The van der Waals surface area contributed by atoms with E-state index in [1.54, 1.807) is 0 Å². The van der Waals surface area contributed by atoms with Crippen molar-refractivity contribution in [2.24, 2.45) is 17.3 Å². The normalized spacial score (nSPS) is 40.1. The van der Waals surface area contributed by atoms with Crippen LogP contribution in [-0.4, -0.2) is 29.9 Å². The monoisotopic (exact) mass is 357 g/mol. The number of esters is 1. The highest BCUT2D eigenvalue weighted by Gasteiger charge is 2.57. The summed E-state index contributed by atoms with van der Waals surface area (Å²) in [6.07, 6.45) is 8.36. The molecule has 0 heterocycles. The zero-order chi connectivity index (χ0) is 15.1. The van der Waals surface area contributed by atoms with Crippen molar-refractivity contribution in [1.29, 1.82) is 0 Å². The van der Waals surface area contributed by atoms with E-state index in [-0.39, 0.29) is 23.7 Å². The van der Waals surface area contributed by atoms with Crippen molar-refractivity contribution in [3.05, 3.63) is 0 Å². The third-order valence-electron chi connectivity index (χ3n) is 5.53. The van der Waals surface area contributed by atoms with Gasteiger partial charge in [0.25, 0.3) is 0 Å². The molecule has 1 amide bonds. The number of halogens is 1. The second-order valence-electron chi connectivity index (χ2n) is 7.46. The fourth-order valence-electron chi connectivity index (χ4n) is 5.35. The zero-order valence-corrected chi connectivity index (χ0v) is 14.2. The van der Waals surface area contributed by atoms with E-state index in [1.807, 2.05) is 0 Å². The molecule has 0 spiro atoms. The molecule has 2 unspecified atom stereocenters. The Morgan fingerprint density at radius 1 is 1.24 bits per heavy atom. The molecule has 0 aromatic heterocycles. The Bertz CT molecular complexity index is 437. The van der Waals surface area contributed by atoms with E-state index in [2.05, 4.69) is 26.0 Å². The minimum Gasteiger partial charge on any atom is -0.469 e. The molecule has 5 heteroatoms. The molecular weight excluding hydrogens is 334 g/mol. The summed E-state index contributed by atoms with van der Waals surface area (Å²) in [6, 6.07) is 0. The Balaban J connectivity index is 1.55. The number of nitrogens with one attached hydrogen (secondary N) is 1. The lowest BCUT2D eigenvalue weighted by atomic mass is 9.48. The topological polar surface area (TPSA) is 55.4 Å². The van der Waals surface area contributed by atoms with Crippen LogP contribution in [0, 0.1) is 17.3 Å². The van der Waals surface area contributed by atoms with Crippen LogP contribution in [0.15, 0.2) is 0 Å². The maximum atomic E-state index is 12.2. The first-order chi connectivity index (χ1) is 9.92. The van der Waals surface area contributed by atoms with Crippen molar-refractivity contribution in [2.45, 2.75) is 55.7 Å². The molecular formula is C16H24BrNO3. The first kappa shape index (κ1) is 15.3. The Morgan fingerprint density at radius 2 is 1.90 bits per heavy atom. The Labute approximate surface area is 134 Å². The van der Waals surface area contributed by atoms with Crippen molar-refractivity contribution in [2.75, 3.05) is 13.7 Å². The van der Waals surface area contributed by atoms with Gasteiger partial charge in [0.05, 0.1) is 13.5 Å². The van der Waals surface area contributed by atoms with Crippen LogP contribution in [0.2, 0.25) is 0 Å². The van der Waals surface area contributed by atoms with Crippen LogP contribution in [0.1, 0.15) is 51.4 Å². The first-order valence-corrected chi connectivity index (χ1v) is 8.74. The first-order valence-electron chi connectivity index (χ1n) is 7.94. The van der Waals surface area contributed by atoms with E-state index in [4.69, 9.17) is 0 Å². The van der Waals surface area contributed by atoms with Gasteiger partial charge in [0.1, 0.15) is 0 Å². The molecule has 4 aliphatic carbocycles. The average Bonchev–Trinajstić information content (AvgIpc) is 2.34. The second kappa shape index (κ2) is 5.56. The largest absolute Gasteiger partial charge is 0.469 e. The lowest BCUT2D eigenvalue weighted by Gasteiger charge is -2.60. The second-order valence-corrected chi connectivity index (χ2v) is 9.15. The number of rotatable bonds is 5. The predicted octanol–water partition coefficient (Wildman–Crippen LogP) is 2.79. The highest BCUT2D eigenvalue weighted by atomic mass is 79.9. The number of ether oxygens (including phenoxy) is 1. The SMILES string of the molecule is COC(=O)CCNC(=O)CC12CC3CC(CC(Br)(C3)C1)C2. The maximum absolute atomic E-state index is 12.2. The highest BCUT2D eigenvalue weighted by molar-refractivity contribution is 9.10. The summed E-state index contributed by atoms with van der Waals surface area (Å²) in [5, 5.41) is 2.88. The van der Waals surface area contributed by atoms with Crippen molar-refractivity contribution < 1.29 is 14.3 Å². The number of carbonyl (C=O) groups excluding carboxylic acids is 2. The molecule has 0 aromatic rings. The van der Waals surface area contributed by atoms with Crippen molar-refractivity contribution in [3.8, 4) is 0 Å².